The van der Waals surface area contributed by atoms with Gasteiger partial charge in [-0.1, -0.05) is 25.1 Å². The number of rotatable bonds is 4. The minimum Gasteiger partial charge on any atom is -0.312 e. The van der Waals surface area contributed by atoms with E-state index in [2.05, 4.69) is 17.1 Å². The molecule has 1 aliphatic heterocycles. The van der Waals surface area contributed by atoms with Gasteiger partial charge in [0, 0.05) is 35.7 Å². The van der Waals surface area contributed by atoms with Crippen molar-refractivity contribution in [2.45, 2.75) is 31.1 Å². The number of amides is 1. The average molecular weight is 450 g/mol. The van der Waals surface area contributed by atoms with Crippen LogP contribution in [-0.2, 0) is 33.8 Å². The van der Waals surface area contributed by atoms with Crippen molar-refractivity contribution < 1.29 is 13.4 Å². The van der Waals surface area contributed by atoms with Crippen molar-refractivity contribution >= 4 is 21.3 Å². The molecule has 0 fully saturated rings. The van der Waals surface area contributed by atoms with Crippen molar-refractivity contribution in [3.8, 4) is 11.3 Å². The van der Waals surface area contributed by atoms with Crippen LogP contribution in [0.2, 0.25) is 0 Å². The van der Waals surface area contributed by atoms with Crippen molar-refractivity contribution in [1.82, 2.24) is 4.98 Å². The first-order valence-electron chi connectivity index (χ1n) is 10.8. The predicted molar refractivity (Wildman–Crippen MR) is 123 cm³/mol. The molecule has 32 heavy (non-hydrogen) atoms. The van der Waals surface area contributed by atoms with Gasteiger partial charge in [0.2, 0.25) is 5.91 Å². The highest BCUT2D eigenvalue weighted by Crippen LogP contribution is 2.37. The largest absolute Gasteiger partial charge is 0.312 e. The van der Waals surface area contributed by atoms with Gasteiger partial charge in [-0.3, -0.25) is 9.78 Å². The summed E-state index contributed by atoms with van der Waals surface area (Å²) in [6.07, 6.45) is 3.65. The highest BCUT2D eigenvalue weighted by atomic mass is 32.2. The van der Waals surface area contributed by atoms with Gasteiger partial charge in [-0.15, -0.1) is 0 Å². The standard InChI is InChI=1S/C25H24FN3O2S/c1-2-32(27,31)24-15-23-18(14-21(24)26)8-10-29(23)25(30)20-11-16-6-7-17(12-19(16)13-20)22-5-3-4-9-28-22/h3-7,9,12,14-15,20,27H,2,8,10-11,13H2,1H3/t20-,32-/m1/s1. The predicted octanol–water partition coefficient (Wildman–Crippen LogP) is 4.62. The summed E-state index contributed by atoms with van der Waals surface area (Å²) in [7, 11) is -3.21. The second-order valence-corrected chi connectivity index (χ2v) is 10.8. The van der Waals surface area contributed by atoms with Crippen LogP contribution < -0.4 is 4.90 Å². The molecule has 5 nitrogen and oxygen atoms in total. The molecule has 0 saturated carbocycles. The number of hydrogen-bond acceptors (Lipinski definition) is 4. The molecular formula is C25H24FN3O2S. The third kappa shape index (κ3) is 3.50. The molecule has 5 rings (SSSR count). The van der Waals surface area contributed by atoms with E-state index < -0.39 is 15.5 Å². The number of benzene rings is 2. The fourth-order valence-electron chi connectivity index (χ4n) is 4.73. The molecule has 7 heteroatoms. The van der Waals surface area contributed by atoms with Crippen LogP contribution in [0.5, 0.6) is 0 Å². The quantitative estimate of drug-likeness (QED) is 0.632. The van der Waals surface area contributed by atoms with Crippen molar-refractivity contribution in [2.24, 2.45) is 5.92 Å². The zero-order chi connectivity index (χ0) is 22.5. The zero-order valence-corrected chi connectivity index (χ0v) is 18.6. The lowest BCUT2D eigenvalue weighted by atomic mass is 10.0. The zero-order valence-electron chi connectivity index (χ0n) is 17.8. The van der Waals surface area contributed by atoms with Crippen LogP contribution in [0.3, 0.4) is 0 Å². The van der Waals surface area contributed by atoms with Gasteiger partial charge in [-0.25, -0.2) is 13.4 Å². The summed E-state index contributed by atoms with van der Waals surface area (Å²) in [4.78, 5) is 19.5. The average Bonchev–Trinajstić information content (AvgIpc) is 3.42. The molecular weight excluding hydrogens is 425 g/mol. The van der Waals surface area contributed by atoms with Gasteiger partial charge in [-0.05, 0) is 66.3 Å². The van der Waals surface area contributed by atoms with E-state index in [1.54, 1.807) is 18.0 Å². The van der Waals surface area contributed by atoms with Gasteiger partial charge >= 0.3 is 0 Å². The van der Waals surface area contributed by atoms with Crippen molar-refractivity contribution in [3.63, 3.8) is 0 Å². The Hall–Kier alpha value is -3.06. The van der Waals surface area contributed by atoms with E-state index in [0.717, 1.165) is 22.4 Å². The Balaban J connectivity index is 1.41. The molecule has 1 aliphatic carbocycles. The highest BCUT2D eigenvalue weighted by Gasteiger charge is 2.35. The molecule has 164 valence electrons. The van der Waals surface area contributed by atoms with Gasteiger partial charge < -0.3 is 4.90 Å². The maximum absolute atomic E-state index is 14.5. The summed E-state index contributed by atoms with van der Waals surface area (Å²) in [5.74, 6) is -0.761. The minimum atomic E-state index is -3.21. The van der Waals surface area contributed by atoms with E-state index in [9.17, 15) is 13.4 Å². The maximum atomic E-state index is 14.5. The first-order chi connectivity index (χ1) is 15.4. The summed E-state index contributed by atoms with van der Waals surface area (Å²) >= 11 is 0. The number of fused-ring (bicyclic) bond motifs is 2. The molecule has 1 N–H and O–H groups in total. The molecule has 0 unspecified atom stereocenters. The lowest BCUT2D eigenvalue weighted by Gasteiger charge is -2.22. The SMILES string of the molecule is CC[S@@](=N)(=O)c1cc2c(cc1F)CCN2C(=O)[C@@H]1Cc2ccc(-c3ccccn3)cc2C1. The fraction of sp³-hybridized carbons (Fsp3) is 0.280. The van der Waals surface area contributed by atoms with Gasteiger partial charge in [0.15, 0.2) is 0 Å². The Morgan fingerprint density at radius 3 is 2.72 bits per heavy atom. The molecule has 0 radical (unpaired) electrons. The number of halogens is 1. The Morgan fingerprint density at radius 2 is 1.97 bits per heavy atom. The summed E-state index contributed by atoms with van der Waals surface area (Å²) in [6.45, 7) is 2.09. The van der Waals surface area contributed by atoms with Crippen molar-refractivity contribution in [3.05, 3.63) is 77.2 Å². The number of nitrogens with zero attached hydrogens (tertiary/aromatic N) is 2. The first kappa shape index (κ1) is 20.8. The van der Waals surface area contributed by atoms with Crippen LogP contribution in [0.1, 0.15) is 23.6 Å². The fourth-order valence-corrected chi connectivity index (χ4v) is 5.72. The van der Waals surface area contributed by atoms with Gasteiger partial charge in [0.25, 0.3) is 0 Å². The van der Waals surface area contributed by atoms with Crippen LogP contribution in [0.4, 0.5) is 10.1 Å². The maximum Gasteiger partial charge on any atom is 0.230 e. The number of carbonyl (C=O) groups excluding carboxylic acids is 1. The Bertz CT molecular complexity index is 1320. The number of anilines is 1. The van der Waals surface area contributed by atoms with Crippen molar-refractivity contribution in [2.75, 3.05) is 17.2 Å². The second-order valence-electron chi connectivity index (χ2n) is 8.42. The smallest absolute Gasteiger partial charge is 0.230 e. The van der Waals surface area contributed by atoms with E-state index >= 15 is 0 Å². The molecule has 2 atom stereocenters. The molecule has 2 aromatic carbocycles. The third-order valence-corrected chi connectivity index (χ3v) is 8.34. The summed E-state index contributed by atoms with van der Waals surface area (Å²) in [5.41, 5.74) is 5.61. The normalized spacial score (nSPS) is 18.8. The number of hydrogen-bond donors (Lipinski definition) is 1. The number of aromatic nitrogens is 1. The number of pyridine rings is 1. The number of carbonyl (C=O) groups is 1. The van der Waals surface area contributed by atoms with Crippen LogP contribution >= 0.6 is 0 Å². The minimum absolute atomic E-state index is 0.00451. The molecule has 1 amide bonds. The van der Waals surface area contributed by atoms with E-state index in [4.69, 9.17) is 4.78 Å². The highest BCUT2D eigenvalue weighted by molar-refractivity contribution is 7.92. The molecule has 2 heterocycles. The Kier molecular flexibility index (Phi) is 5.08. The van der Waals surface area contributed by atoms with Gasteiger partial charge in [0.1, 0.15) is 5.82 Å². The van der Waals surface area contributed by atoms with E-state index in [-0.39, 0.29) is 22.5 Å². The summed E-state index contributed by atoms with van der Waals surface area (Å²) in [6, 6.07) is 14.9. The molecule has 0 spiro atoms. The lowest BCUT2D eigenvalue weighted by Crippen LogP contribution is -2.35. The molecule has 3 aromatic rings. The number of nitrogens with one attached hydrogen (secondary N) is 1. The molecule has 2 aliphatic rings. The molecule has 0 saturated heterocycles. The van der Waals surface area contributed by atoms with Crippen LogP contribution in [0.15, 0.2) is 59.6 Å². The van der Waals surface area contributed by atoms with E-state index in [1.807, 2.05) is 24.3 Å². The van der Waals surface area contributed by atoms with Crippen LogP contribution in [0.25, 0.3) is 11.3 Å². The van der Waals surface area contributed by atoms with Crippen LogP contribution in [-0.4, -0.2) is 27.4 Å². The molecule has 0 bridgehead atoms. The monoisotopic (exact) mass is 449 g/mol. The van der Waals surface area contributed by atoms with Crippen LogP contribution in [0, 0.1) is 16.5 Å². The Labute approximate surface area is 187 Å². The molecule has 1 aromatic heterocycles. The second kappa shape index (κ2) is 7.81. The topological polar surface area (TPSA) is 74.1 Å². The van der Waals surface area contributed by atoms with E-state index in [0.29, 0.717) is 31.5 Å². The van der Waals surface area contributed by atoms with Gasteiger partial charge in [0.05, 0.1) is 20.3 Å². The van der Waals surface area contributed by atoms with Gasteiger partial charge in [-0.2, -0.15) is 0 Å². The summed E-state index contributed by atoms with van der Waals surface area (Å²) in [5, 5.41) is 0. The van der Waals surface area contributed by atoms with Crippen molar-refractivity contribution in [1.29, 1.82) is 4.78 Å². The first-order valence-corrected chi connectivity index (χ1v) is 12.5. The lowest BCUT2D eigenvalue weighted by molar-refractivity contribution is -0.122. The summed E-state index contributed by atoms with van der Waals surface area (Å²) < 4.78 is 35.0. The van der Waals surface area contributed by atoms with E-state index in [1.165, 1.54) is 17.7 Å². The third-order valence-electron chi connectivity index (χ3n) is 6.51. The Morgan fingerprint density at radius 1 is 1.16 bits per heavy atom.